The molecule has 0 unspecified atom stereocenters. The highest BCUT2D eigenvalue weighted by atomic mass is 28.3. The average molecular weight is 178 g/mol. The minimum absolute atomic E-state index is 0.139. The largest absolute Gasteiger partial charge is 0.0985 e. The fourth-order valence-electron chi connectivity index (χ4n) is 0.589. The molecule has 0 bridgehead atoms. The first kappa shape index (κ1) is 11.2. The van der Waals surface area contributed by atoms with Crippen molar-refractivity contribution in [3.63, 3.8) is 0 Å². The quantitative estimate of drug-likeness (QED) is 0.578. The lowest BCUT2D eigenvalue weighted by Gasteiger charge is -1.85. The van der Waals surface area contributed by atoms with Gasteiger partial charge in [-0.05, 0) is 5.56 Å². The molecule has 0 aromatic heterocycles. The first-order valence-corrected chi connectivity index (χ1v) is 7.80. The summed E-state index contributed by atoms with van der Waals surface area (Å²) in [5.41, 5.74) is 1.17. The van der Waals surface area contributed by atoms with E-state index >= 15 is 0 Å². The Bertz CT molecular complexity index is 199. The van der Waals surface area contributed by atoms with Crippen LogP contribution in [0, 0.1) is 0 Å². The smallest absolute Gasteiger partial charge is 0.0274 e. The summed E-state index contributed by atoms with van der Waals surface area (Å²) in [5, 5.41) is 0. The van der Waals surface area contributed by atoms with Crippen LogP contribution in [0.15, 0.2) is 36.9 Å². The molecule has 0 aliphatic rings. The standard InChI is InChI=1S/C8H8.C3H10Si/c1-2-8-6-4-3-5-7-8;1-4(2)3/h2-7H,1H2;4H,1-3H3. The Morgan fingerprint density at radius 2 is 1.50 bits per heavy atom. The topological polar surface area (TPSA) is 0 Å². The minimum atomic E-state index is -0.139. The molecule has 0 aliphatic carbocycles. The van der Waals surface area contributed by atoms with Crippen LogP contribution in [0.3, 0.4) is 0 Å². The van der Waals surface area contributed by atoms with Crippen LogP contribution in [-0.4, -0.2) is 8.80 Å². The number of benzene rings is 1. The van der Waals surface area contributed by atoms with E-state index in [1.165, 1.54) is 5.56 Å². The van der Waals surface area contributed by atoms with Crippen LogP contribution in [0.2, 0.25) is 19.6 Å². The van der Waals surface area contributed by atoms with E-state index < -0.39 is 0 Å². The van der Waals surface area contributed by atoms with E-state index in [0.717, 1.165) is 0 Å². The third-order valence-electron chi connectivity index (χ3n) is 1.04. The van der Waals surface area contributed by atoms with E-state index in [1.807, 2.05) is 36.4 Å². The van der Waals surface area contributed by atoms with Crippen molar-refractivity contribution in [2.75, 3.05) is 0 Å². The molecule has 1 heteroatoms. The van der Waals surface area contributed by atoms with E-state index in [-0.39, 0.29) is 8.80 Å². The molecular weight excluding hydrogens is 160 g/mol. The Morgan fingerprint density at radius 3 is 1.75 bits per heavy atom. The van der Waals surface area contributed by atoms with Crippen LogP contribution in [0.4, 0.5) is 0 Å². The predicted octanol–water partition coefficient (Wildman–Crippen LogP) is 3.43. The second kappa shape index (κ2) is 6.86. The predicted molar refractivity (Wildman–Crippen MR) is 61.3 cm³/mol. The van der Waals surface area contributed by atoms with Gasteiger partial charge in [-0.2, -0.15) is 0 Å². The molecule has 12 heavy (non-hydrogen) atoms. The van der Waals surface area contributed by atoms with Gasteiger partial charge in [0, 0.05) is 8.80 Å². The molecule has 0 N–H and O–H groups in total. The van der Waals surface area contributed by atoms with Gasteiger partial charge in [0.25, 0.3) is 0 Å². The fourth-order valence-corrected chi connectivity index (χ4v) is 0.589. The number of rotatable bonds is 1. The molecule has 0 aliphatic heterocycles. The van der Waals surface area contributed by atoms with Crippen molar-refractivity contribution in [3.05, 3.63) is 42.5 Å². The van der Waals surface area contributed by atoms with Crippen molar-refractivity contribution < 1.29 is 0 Å². The van der Waals surface area contributed by atoms with Crippen molar-refractivity contribution in [3.8, 4) is 0 Å². The maximum atomic E-state index is 3.63. The fraction of sp³-hybridized carbons (Fsp3) is 0.273. The van der Waals surface area contributed by atoms with E-state index in [4.69, 9.17) is 0 Å². The molecule has 0 fully saturated rings. The zero-order valence-corrected chi connectivity index (χ0v) is 9.40. The lowest BCUT2D eigenvalue weighted by molar-refractivity contribution is 1.67. The Hall–Kier alpha value is -0.823. The molecule has 1 rings (SSSR count). The van der Waals surface area contributed by atoms with Crippen LogP contribution in [0.1, 0.15) is 5.56 Å². The SMILES string of the molecule is C=Cc1ccccc1.C[SiH](C)C. The minimum Gasteiger partial charge on any atom is -0.0985 e. The summed E-state index contributed by atoms with van der Waals surface area (Å²) in [6.07, 6.45) is 1.83. The maximum Gasteiger partial charge on any atom is 0.0274 e. The molecule has 0 nitrogen and oxygen atoms in total. The van der Waals surface area contributed by atoms with Crippen LogP contribution >= 0.6 is 0 Å². The van der Waals surface area contributed by atoms with E-state index in [0.29, 0.717) is 0 Å². The summed E-state index contributed by atoms with van der Waals surface area (Å²) in [7, 11) is -0.139. The first-order valence-electron chi connectivity index (χ1n) is 4.34. The van der Waals surface area contributed by atoms with Crippen molar-refractivity contribution in [1.82, 2.24) is 0 Å². The van der Waals surface area contributed by atoms with Gasteiger partial charge < -0.3 is 0 Å². The molecule has 0 saturated carbocycles. The lowest BCUT2D eigenvalue weighted by atomic mass is 10.2. The van der Waals surface area contributed by atoms with E-state index in [2.05, 4.69) is 26.2 Å². The molecule has 0 spiro atoms. The molecular formula is C11H18Si. The monoisotopic (exact) mass is 178 g/mol. The lowest BCUT2D eigenvalue weighted by Crippen LogP contribution is -1.84. The Labute approximate surface area is 77.6 Å². The second-order valence-electron chi connectivity index (χ2n) is 3.35. The number of hydrogen-bond acceptors (Lipinski definition) is 0. The molecule has 1 aromatic rings. The normalized spacial score (nSPS) is 8.67. The maximum absolute atomic E-state index is 3.63. The van der Waals surface area contributed by atoms with Gasteiger partial charge in [0.1, 0.15) is 0 Å². The van der Waals surface area contributed by atoms with Crippen molar-refractivity contribution >= 4 is 14.9 Å². The third kappa shape index (κ3) is 7.29. The highest BCUT2D eigenvalue weighted by molar-refractivity contribution is 6.54. The molecule has 0 radical (unpaired) electrons. The van der Waals surface area contributed by atoms with E-state index in [1.54, 1.807) is 0 Å². The molecule has 0 heterocycles. The van der Waals surface area contributed by atoms with Gasteiger partial charge in [-0.25, -0.2) is 0 Å². The van der Waals surface area contributed by atoms with Gasteiger partial charge >= 0.3 is 0 Å². The van der Waals surface area contributed by atoms with Gasteiger partial charge in [0.2, 0.25) is 0 Å². The molecule has 1 aromatic carbocycles. The summed E-state index contributed by atoms with van der Waals surface area (Å²) >= 11 is 0. The van der Waals surface area contributed by atoms with Crippen LogP contribution in [0.25, 0.3) is 6.08 Å². The van der Waals surface area contributed by atoms with Crippen LogP contribution in [-0.2, 0) is 0 Å². The summed E-state index contributed by atoms with van der Waals surface area (Å²) in [6.45, 7) is 10.5. The number of hydrogen-bond donors (Lipinski definition) is 0. The van der Waals surface area contributed by atoms with Gasteiger partial charge in [-0.1, -0.05) is 62.6 Å². The molecule has 0 amide bonds. The van der Waals surface area contributed by atoms with Crippen molar-refractivity contribution in [2.45, 2.75) is 19.6 Å². The summed E-state index contributed by atoms with van der Waals surface area (Å²) < 4.78 is 0. The summed E-state index contributed by atoms with van der Waals surface area (Å²) in [6, 6.07) is 10.0. The third-order valence-corrected chi connectivity index (χ3v) is 1.04. The van der Waals surface area contributed by atoms with Gasteiger partial charge in [0.05, 0.1) is 0 Å². The van der Waals surface area contributed by atoms with E-state index in [9.17, 15) is 0 Å². The van der Waals surface area contributed by atoms with Crippen molar-refractivity contribution in [2.24, 2.45) is 0 Å². The van der Waals surface area contributed by atoms with Crippen molar-refractivity contribution in [1.29, 1.82) is 0 Å². The zero-order chi connectivity index (χ0) is 9.40. The Kier molecular flexibility index (Phi) is 6.39. The highest BCUT2D eigenvalue weighted by Gasteiger charge is 1.75. The van der Waals surface area contributed by atoms with Gasteiger partial charge in [-0.3, -0.25) is 0 Å². The summed E-state index contributed by atoms with van der Waals surface area (Å²) in [4.78, 5) is 0. The van der Waals surface area contributed by atoms with Gasteiger partial charge in [-0.15, -0.1) is 0 Å². The van der Waals surface area contributed by atoms with Crippen LogP contribution < -0.4 is 0 Å². The van der Waals surface area contributed by atoms with Gasteiger partial charge in [0.15, 0.2) is 0 Å². The Morgan fingerprint density at radius 1 is 1.08 bits per heavy atom. The zero-order valence-electron chi connectivity index (χ0n) is 8.25. The summed E-state index contributed by atoms with van der Waals surface area (Å²) in [5.74, 6) is 0. The first-order chi connectivity index (χ1) is 5.66. The highest BCUT2D eigenvalue weighted by Crippen LogP contribution is 1.97. The Balaban J connectivity index is 0.000000261. The van der Waals surface area contributed by atoms with Crippen LogP contribution in [0.5, 0.6) is 0 Å². The second-order valence-corrected chi connectivity index (χ2v) is 6.81. The average Bonchev–Trinajstić information content (AvgIpc) is 2.05. The molecule has 66 valence electrons. The molecule has 0 atom stereocenters. The molecule has 0 saturated heterocycles.